The summed E-state index contributed by atoms with van der Waals surface area (Å²) in [7, 11) is 0. The Labute approximate surface area is 98.4 Å². The van der Waals surface area contributed by atoms with E-state index in [1.54, 1.807) is 13.0 Å². The van der Waals surface area contributed by atoms with Gasteiger partial charge in [0.05, 0.1) is 4.47 Å². The molecule has 0 saturated carbocycles. The molecule has 0 fully saturated rings. The number of halogens is 1. The van der Waals surface area contributed by atoms with Crippen LogP contribution in [0.2, 0.25) is 0 Å². The van der Waals surface area contributed by atoms with E-state index in [2.05, 4.69) is 31.0 Å². The molecule has 0 aliphatic rings. The van der Waals surface area contributed by atoms with Crippen molar-refractivity contribution in [2.45, 2.75) is 6.92 Å². The van der Waals surface area contributed by atoms with Gasteiger partial charge < -0.3 is 10.1 Å². The summed E-state index contributed by atoms with van der Waals surface area (Å²) in [4.78, 5) is 17.9. The largest absolute Gasteiger partial charge is 0.389 e. The number of aryl methyl sites for hydroxylation is 1. The molecule has 0 aliphatic carbocycles. The smallest absolute Gasteiger partial charge is 0.358 e. The van der Waals surface area contributed by atoms with Crippen molar-refractivity contribution in [3.63, 3.8) is 0 Å². The van der Waals surface area contributed by atoms with Crippen LogP contribution < -0.4 is 0 Å². The van der Waals surface area contributed by atoms with Gasteiger partial charge in [0.2, 0.25) is 0 Å². The van der Waals surface area contributed by atoms with Crippen molar-refractivity contribution in [1.82, 2.24) is 19.7 Å². The van der Waals surface area contributed by atoms with E-state index < -0.39 is 4.92 Å². The summed E-state index contributed by atoms with van der Waals surface area (Å²) >= 11 is 3.20. The maximum Gasteiger partial charge on any atom is 0.389 e. The SMILES string of the molecule is Cc1ncn(-c2cc(Br)cnc2[N+](=O)[O-])n1. The number of rotatable bonds is 2. The van der Waals surface area contributed by atoms with Crippen LogP contribution in [0.4, 0.5) is 5.82 Å². The molecule has 82 valence electrons. The highest BCUT2D eigenvalue weighted by Gasteiger charge is 2.18. The molecule has 0 atom stereocenters. The fourth-order valence-corrected chi connectivity index (χ4v) is 1.51. The van der Waals surface area contributed by atoms with Crippen LogP contribution in [-0.2, 0) is 0 Å². The van der Waals surface area contributed by atoms with Gasteiger partial charge in [-0.3, -0.25) is 0 Å². The van der Waals surface area contributed by atoms with Crippen LogP contribution in [0, 0.1) is 17.0 Å². The Balaban J connectivity index is 2.62. The Morgan fingerprint density at radius 2 is 2.25 bits per heavy atom. The lowest BCUT2D eigenvalue weighted by Gasteiger charge is -2.01. The Morgan fingerprint density at radius 3 is 2.81 bits per heavy atom. The average molecular weight is 284 g/mol. The zero-order chi connectivity index (χ0) is 11.7. The molecule has 0 amide bonds. The van der Waals surface area contributed by atoms with E-state index in [4.69, 9.17) is 0 Å². The first-order chi connectivity index (χ1) is 7.58. The van der Waals surface area contributed by atoms with Gasteiger partial charge in [0.1, 0.15) is 12.2 Å². The van der Waals surface area contributed by atoms with Crippen LogP contribution in [0.15, 0.2) is 23.1 Å². The van der Waals surface area contributed by atoms with Gasteiger partial charge in [0.25, 0.3) is 0 Å². The van der Waals surface area contributed by atoms with Crippen LogP contribution in [0.25, 0.3) is 5.69 Å². The minimum Gasteiger partial charge on any atom is -0.358 e. The third-order valence-electron chi connectivity index (χ3n) is 1.84. The zero-order valence-electron chi connectivity index (χ0n) is 8.16. The standard InChI is InChI=1S/C8H6BrN5O2/c1-5-11-4-13(12-5)7-2-6(9)3-10-8(7)14(15)16/h2-4H,1H3. The summed E-state index contributed by atoms with van der Waals surface area (Å²) in [6, 6.07) is 1.57. The third-order valence-corrected chi connectivity index (χ3v) is 2.27. The third kappa shape index (κ3) is 1.91. The van der Waals surface area contributed by atoms with Gasteiger partial charge >= 0.3 is 5.82 Å². The maximum absolute atomic E-state index is 10.8. The van der Waals surface area contributed by atoms with E-state index in [-0.39, 0.29) is 11.5 Å². The first kappa shape index (κ1) is 10.7. The number of nitro groups is 1. The second kappa shape index (κ2) is 3.97. The molecule has 0 saturated heterocycles. The van der Waals surface area contributed by atoms with Crippen molar-refractivity contribution in [3.05, 3.63) is 39.0 Å². The highest BCUT2D eigenvalue weighted by Crippen LogP contribution is 2.22. The number of pyridine rings is 1. The van der Waals surface area contributed by atoms with Gasteiger partial charge in [-0.2, -0.15) is 5.10 Å². The van der Waals surface area contributed by atoms with Crippen LogP contribution in [0.1, 0.15) is 5.82 Å². The highest BCUT2D eigenvalue weighted by atomic mass is 79.9. The first-order valence-electron chi connectivity index (χ1n) is 4.26. The lowest BCUT2D eigenvalue weighted by molar-refractivity contribution is -0.389. The average Bonchev–Trinajstić information content (AvgIpc) is 2.64. The fraction of sp³-hybridized carbons (Fsp3) is 0.125. The van der Waals surface area contributed by atoms with Crippen molar-refractivity contribution in [3.8, 4) is 5.69 Å². The second-order valence-corrected chi connectivity index (χ2v) is 3.91. The highest BCUT2D eigenvalue weighted by molar-refractivity contribution is 9.10. The second-order valence-electron chi connectivity index (χ2n) is 2.99. The van der Waals surface area contributed by atoms with Gasteiger partial charge in [0, 0.05) is 0 Å². The van der Waals surface area contributed by atoms with Gasteiger partial charge in [-0.25, -0.2) is 9.67 Å². The first-order valence-corrected chi connectivity index (χ1v) is 5.06. The van der Waals surface area contributed by atoms with Crippen LogP contribution in [0.3, 0.4) is 0 Å². The Kier molecular flexibility index (Phi) is 2.65. The Hall–Kier alpha value is -1.83. The summed E-state index contributed by atoms with van der Waals surface area (Å²) in [5, 5.41) is 14.8. The molecule has 0 unspecified atom stereocenters. The molecule has 8 heteroatoms. The number of hydrogen-bond acceptors (Lipinski definition) is 5. The zero-order valence-corrected chi connectivity index (χ0v) is 9.75. The molecule has 16 heavy (non-hydrogen) atoms. The van der Waals surface area contributed by atoms with E-state index in [1.807, 2.05) is 0 Å². The number of hydrogen-bond donors (Lipinski definition) is 0. The lowest BCUT2D eigenvalue weighted by Crippen LogP contribution is -2.03. The molecule has 0 aliphatic heterocycles. The van der Waals surface area contributed by atoms with Crippen LogP contribution in [0.5, 0.6) is 0 Å². The maximum atomic E-state index is 10.8. The molecule has 0 aromatic carbocycles. The predicted octanol–water partition coefficient (Wildman–Crippen LogP) is 1.64. The molecule has 2 rings (SSSR count). The monoisotopic (exact) mass is 283 g/mol. The molecule has 2 heterocycles. The Bertz CT molecular complexity index is 553. The normalized spacial score (nSPS) is 10.4. The van der Waals surface area contributed by atoms with E-state index in [9.17, 15) is 10.1 Å². The van der Waals surface area contributed by atoms with E-state index >= 15 is 0 Å². The minimum atomic E-state index is -0.557. The van der Waals surface area contributed by atoms with Crippen molar-refractivity contribution >= 4 is 21.7 Å². The molecular formula is C8H6BrN5O2. The minimum absolute atomic E-state index is 0.256. The van der Waals surface area contributed by atoms with E-state index in [1.165, 1.54) is 17.2 Å². The molecule has 2 aromatic rings. The van der Waals surface area contributed by atoms with Gasteiger partial charge in [0.15, 0.2) is 11.9 Å². The van der Waals surface area contributed by atoms with Gasteiger partial charge in [-0.1, -0.05) is 0 Å². The van der Waals surface area contributed by atoms with Gasteiger partial charge in [-0.05, 0) is 38.8 Å². The summed E-state index contributed by atoms with van der Waals surface area (Å²) in [5.41, 5.74) is 0.278. The van der Waals surface area contributed by atoms with Crippen molar-refractivity contribution in [2.75, 3.05) is 0 Å². The Morgan fingerprint density at radius 1 is 1.50 bits per heavy atom. The predicted molar refractivity (Wildman–Crippen MR) is 58.2 cm³/mol. The summed E-state index contributed by atoms with van der Waals surface area (Å²) in [5.74, 6) is 0.280. The van der Waals surface area contributed by atoms with Crippen molar-refractivity contribution in [2.24, 2.45) is 0 Å². The quantitative estimate of drug-likeness (QED) is 0.618. The molecule has 0 spiro atoms. The number of aromatic nitrogens is 4. The lowest BCUT2D eigenvalue weighted by atomic mass is 10.4. The molecule has 0 bridgehead atoms. The van der Waals surface area contributed by atoms with E-state index in [0.717, 1.165) is 0 Å². The molecule has 0 radical (unpaired) electrons. The summed E-state index contributed by atoms with van der Waals surface area (Å²) < 4.78 is 1.96. The molecule has 7 nitrogen and oxygen atoms in total. The van der Waals surface area contributed by atoms with Crippen LogP contribution >= 0.6 is 15.9 Å². The summed E-state index contributed by atoms with van der Waals surface area (Å²) in [6.45, 7) is 1.70. The van der Waals surface area contributed by atoms with Crippen LogP contribution in [-0.4, -0.2) is 24.7 Å². The van der Waals surface area contributed by atoms with Crippen molar-refractivity contribution in [1.29, 1.82) is 0 Å². The van der Waals surface area contributed by atoms with E-state index in [0.29, 0.717) is 10.3 Å². The molecular weight excluding hydrogens is 278 g/mol. The fourth-order valence-electron chi connectivity index (χ4n) is 1.19. The van der Waals surface area contributed by atoms with Gasteiger partial charge in [-0.15, -0.1) is 0 Å². The molecule has 0 N–H and O–H groups in total. The summed E-state index contributed by atoms with van der Waals surface area (Å²) in [6.07, 6.45) is 2.78. The topological polar surface area (TPSA) is 86.7 Å². The van der Waals surface area contributed by atoms with Crippen molar-refractivity contribution < 1.29 is 4.92 Å². The number of nitrogens with zero attached hydrogens (tertiary/aromatic N) is 5. The molecule has 2 aromatic heterocycles.